The first-order valence-corrected chi connectivity index (χ1v) is 19.5. The summed E-state index contributed by atoms with van der Waals surface area (Å²) >= 11 is 0. The van der Waals surface area contributed by atoms with E-state index in [4.69, 9.17) is 33.7 Å². The quantitative estimate of drug-likeness (QED) is 0.161. The maximum absolute atomic E-state index is 14.0. The number of para-hydroxylation sites is 2. The Balaban J connectivity index is 0.967. The molecule has 3 atom stereocenters. The van der Waals surface area contributed by atoms with Gasteiger partial charge in [0, 0.05) is 67.4 Å². The van der Waals surface area contributed by atoms with Crippen molar-refractivity contribution in [2.75, 3.05) is 49.6 Å². The van der Waals surface area contributed by atoms with Gasteiger partial charge in [-0.2, -0.15) is 0 Å². The molecular formula is C46H43N5O8. The van der Waals surface area contributed by atoms with E-state index in [9.17, 15) is 14.4 Å². The van der Waals surface area contributed by atoms with Crippen molar-refractivity contribution < 1.29 is 38.1 Å². The standard InChI is InChI=1S/C46H43N5O8/c1-49(24-44(52)57-4)31-14-27(25-58-42-20-36-34(18-40(42)55-2)45(53)50-32(22-47-36)16-29-9-5-7-11-38(29)50)13-28(15-31)26-59-43-21-37-35(19-41(43)56-3)46(54)51-33(23-48-37)17-30-10-6-8-12-39(30)51/h5-15,18-20,22-23,32-33,37H,16-17,21,24-26H2,1-4H3/t32-,33-,37?/m0/s1. The number of anilines is 3. The van der Waals surface area contributed by atoms with E-state index in [1.807, 2.05) is 78.0 Å². The van der Waals surface area contributed by atoms with E-state index < -0.39 is 6.04 Å². The molecule has 0 bridgehead atoms. The molecule has 13 nitrogen and oxygen atoms in total. The summed E-state index contributed by atoms with van der Waals surface area (Å²) in [5, 5.41) is 0. The van der Waals surface area contributed by atoms with Crippen molar-refractivity contribution in [3.63, 3.8) is 0 Å². The predicted molar refractivity (Wildman–Crippen MR) is 223 cm³/mol. The van der Waals surface area contributed by atoms with Gasteiger partial charge < -0.3 is 28.6 Å². The van der Waals surface area contributed by atoms with Crippen LogP contribution < -0.4 is 24.2 Å². The second kappa shape index (κ2) is 15.5. The van der Waals surface area contributed by atoms with E-state index in [-0.39, 0.29) is 49.6 Å². The molecule has 300 valence electrons. The van der Waals surface area contributed by atoms with E-state index in [2.05, 4.69) is 6.07 Å². The first-order chi connectivity index (χ1) is 28.7. The minimum Gasteiger partial charge on any atom is -0.493 e. The number of hydrogen-bond donors (Lipinski definition) is 0. The summed E-state index contributed by atoms with van der Waals surface area (Å²) < 4.78 is 29.3. The van der Waals surface area contributed by atoms with Crippen LogP contribution in [0, 0.1) is 0 Å². The Labute approximate surface area is 341 Å². The van der Waals surface area contributed by atoms with E-state index in [0.29, 0.717) is 59.1 Å². The zero-order valence-electron chi connectivity index (χ0n) is 33.2. The molecule has 1 unspecified atom stereocenters. The second-order valence-corrected chi connectivity index (χ2v) is 15.1. The van der Waals surface area contributed by atoms with Crippen LogP contribution in [0.4, 0.5) is 22.7 Å². The maximum atomic E-state index is 14.0. The van der Waals surface area contributed by atoms with Gasteiger partial charge in [0.2, 0.25) is 0 Å². The third kappa shape index (κ3) is 6.96. The maximum Gasteiger partial charge on any atom is 0.325 e. The monoisotopic (exact) mass is 793 g/mol. The van der Waals surface area contributed by atoms with Gasteiger partial charge in [0.1, 0.15) is 25.5 Å². The van der Waals surface area contributed by atoms with E-state index >= 15 is 0 Å². The van der Waals surface area contributed by atoms with Gasteiger partial charge in [-0.3, -0.25) is 34.2 Å². The van der Waals surface area contributed by atoms with Gasteiger partial charge in [-0.25, -0.2) is 0 Å². The number of benzene rings is 4. The summed E-state index contributed by atoms with van der Waals surface area (Å²) in [5.41, 5.74) is 7.84. The van der Waals surface area contributed by atoms with Gasteiger partial charge in [0.25, 0.3) is 11.8 Å². The summed E-state index contributed by atoms with van der Waals surface area (Å²) in [7, 11) is 6.26. The minimum atomic E-state index is -0.418. The van der Waals surface area contributed by atoms with E-state index in [1.165, 1.54) is 14.2 Å². The van der Waals surface area contributed by atoms with Crippen molar-refractivity contribution in [1.82, 2.24) is 0 Å². The van der Waals surface area contributed by atoms with Crippen molar-refractivity contribution >= 4 is 53.0 Å². The summed E-state index contributed by atoms with van der Waals surface area (Å²) in [6, 6.07) is 24.4. The fraction of sp³-hybridized carbons (Fsp3) is 0.283. The highest BCUT2D eigenvalue weighted by Crippen LogP contribution is 2.42. The van der Waals surface area contributed by atoms with Crippen LogP contribution in [-0.4, -0.2) is 83.3 Å². The van der Waals surface area contributed by atoms with E-state index in [1.54, 1.807) is 42.2 Å². The highest BCUT2D eigenvalue weighted by atomic mass is 16.5. The number of methoxy groups -OCH3 is 3. The molecule has 4 aromatic rings. The molecule has 5 aliphatic rings. The Kier molecular flexibility index (Phi) is 9.87. The predicted octanol–water partition coefficient (Wildman–Crippen LogP) is 6.29. The number of carbonyl (C=O) groups excluding carboxylic acids is 3. The molecule has 2 amide bonds. The van der Waals surface area contributed by atoms with Gasteiger partial charge in [0.15, 0.2) is 17.3 Å². The van der Waals surface area contributed by atoms with Crippen molar-refractivity contribution in [2.45, 2.75) is 50.6 Å². The number of esters is 1. The lowest BCUT2D eigenvalue weighted by Gasteiger charge is -2.27. The van der Waals surface area contributed by atoms with Crippen LogP contribution in [0.1, 0.15) is 39.0 Å². The van der Waals surface area contributed by atoms with Crippen LogP contribution in [0.15, 0.2) is 112 Å². The Morgan fingerprint density at radius 1 is 0.763 bits per heavy atom. The summed E-state index contributed by atoms with van der Waals surface area (Å²) in [6.07, 6.45) is 7.22. The van der Waals surface area contributed by atoms with Gasteiger partial charge >= 0.3 is 5.97 Å². The van der Waals surface area contributed by atoms with Gasteiger partial charge in [0.05, 0.1) is 50.7 Å². The number of likely N-dealkylation sites (N-methyl/N-ethyl adjacent to an activating group) is 1. The number of ether oxygens (including phenoxy) is 5. The van der Waals surface area contributed by atoms with Crippen LogP contribution in [0.2, 0.25) is 0 Å². The van der Waals surface area contributed by atoms with Crippen LogP contribution in [0.3, 0.4) is 0 Å². The summed E-state index contributed by atoms with van der Waals surface area (Å²) in [4.78, 5) is 55.2. The molecule has 1 aliphatic carbocycles. The molecule has 0 saturated carbocycles. The second-order valence-electron chi connectivity index (χ2n) is 15.1. The molecule has 4 heterocycles. The highest BCUT2D eigenvalue weighted by molar-refractivity contribution is 6.15. The topological polar surface area (TPSA) is 132 Å². The number of allylic oxidation sites excluding steroid dienone is 1. The SMILES string of the molecule is COC(=O)CN(C)c1cc(COC2=C(OC)C=C3C(=O)N4c5ccccc5C[C@H]4C=NC3C2)cc(COc2cc3c(cc2OC)C(=O)N2c4ccccc4C[C@H]2C=N3)c1. The number of hydrogen-bond acceptors (Lipinski definition) is 11. The van der Waals surface area contributed by atoms with Crippen molar-refractivity contribution in [3.8, 4) is 11.5 Å². The molecule has 9 rings (SSSR count). The van der Waals surface area contributed by atoms with Crippen molar-refractivity contribution in [2.24, 2.45) is 9.98 Å². The molecule has 0 N–H and O–H groups in total. The molecule has 0 radical (unpaired) electrons. The van der Waals surface area contributed by atoms with Crippen molar-refractivity contribution in [1.29, 1.82) is 0 Å². The lowest BCUT2D eigenvalue weighted by molar-refractivity contribution is -0.138. The van der Waals surface area contributed by atoms with Crippen molar-refractivity contribution in [3.05, 3.63) is 130 Å². The number of carbonyl (C=O) groups is 3. The molecule has 4 aliphatic heterocycles. The number of amides is 2. The van der Waals surface area contributed by atoms with Crippen LogP contribution >= 0.6 is 0 Å². The fourth-order valence-corrected chi connectivity index (χ4v) is 8.48. The molecule has 4 aromatic carbocycles. The summed E-state index contributed by atoms with van der Waals surface area (Å²) in [5.74, 6) is 1.24. The lowest BCUT2D eigenvalue weighted by atomic mass is 9.96. The molecule has 59 heavy (non-hydrogen) atoms. The molecule has 0 spiro atoms. The normalized spacial score (nSPS) is 19.7. The lowest BCUT2D eigenvalue weighted by Crippen LogP contribution is -2.39. The number of fused-ring (bicyclic) bond motifs is 8. The third-order valence-corrected chi connectivity index (χ3v) is 11.4. The Hall–Kier alpha value is -6.89. The number of aliphatic imine (C=N–C) groups is 2. The number of rotatable bonds is 11. The first kappa shape index (κ1) is 37.7. The van der Waals surface area contributed by atoms with E-state index in [0.717, 1.165) is 39.3 Å². The smallest absolute Gasteiger partial charge is 0.325 e. The molecule has 0 saturated heterocycles. The Morgan fingerprint density at radius 2 is 1.42 bits per heavy atom. The average molecular weight is 794 g/mol. The summed E-state index contributed by atoms with van der Waals surface area (Å²) in [6.45, 7) is 0.307. The Bertz CT molecular complexity index is 2510. The largest absolute Gasteiger partial charge is 0.493 e. The van der Waals surface area contributed by atoms with Crippen LogP contribution in [0.5, 0.6) is 11.5 Å². The van der Waals surface area contributed by atoms with Gasteiger partial charge in [-0.15, -0.1) is 0 Å². The molecule has 0 fully saturated rings. The zero-order valence-corrected chi connectivity index (χ0v) is 33.2. The molecule has 13 heteroatoms. The Morgan fingerprint density at radius 3 is 2.10 bits per heavy atom. The highest BCUT2D eigenvalue weighted by Gasteiger charge is 2.41. The third-order valence-electron chi connectivity index (χ3n) is 11.4. The van der Waals surface area contributed by atoms with Crippen LogP contribution in [-0.2, 0) is 49.9 Å². The average Bonchev–Trinajstić information content (AvgIpc) is 3.75. The molecule has 0 aromatic heterocycles. The zero-order chi connectivity index (χ0) is 40.8. The fourth-order valence-electron chi connectivity index (χ4n) is 8.48. The minimum absolute atomic E-state index is 0.0248. The number of nitrogens with zero attached hydrogens (tertiary/aromatic N) is 5. The van der Waals surface area contributed by atoms with Crippen LogP contribution in [0.25, 0.3) is 0 Å². The van der Waals surface area contributed by atoms with Gasteiger partial charge in [-0.1, -0.05) is 36.4 Å². The molecular weight excluding hydrogens is 751 g/mol. The first-order valence-electron chi connectivity index (χ1n) is 19.5. The van der Waals surface area contributed by atoms with Gasteiger partial charge in [-0.05, 0) is 64.7 Å².